The second-order valence-corrected chi connectivity index (χ2v) is 7.49. The summed E-state index contributed by atoms with van der Waals surface area (Å²) >= 11 is 0. The molecule has 0 unspecified atom stereocenters. The molecular formula is C20H27NO2. The summed E-state index contributed by atoms with van der Waals surface area (Å²) in [5, 5.41) is 0. The number of hydrogen-bond acceptors (Lipinski definition) is 3. The molecule has 2 aliphatic heterocycles. The van der Waals surface area contributed by atoms with E-state index in [-0.39, 0.29) is 11.9 Å². The Morgan fingerprint density at radius 2 is 1.91 bits per heavy atom. The first-order valence-electron chi connectivity index (χ1n) is 9.28. The van der Waals surface area contributed by atoms with Crippen molar-refractivity contribution in [3.63, 3.8) is 0 Å². The zero-order chi connectivity index (χ0) is 15.6. The fourth-order valence-electron chi connectivity index (χ4n) is 4.59. The van der Waals surface area contributed by atoms with Crippen LogP contribution in [-0.2, 0) is 9.53 Å². The lowest BCUT2D eigenvalue weighted by molar-refractivity contribution is -0.148. The summed E-state index contributed by atoms with van der Waals surface area (Å²) in [6.07, 6.45) is 7.41. The van der Waals surface area contributed by atoms with Crippen LogP contribution in [0.1, 0.15) is 50.0 Å². The van der Waals surface area contributed by atoms with E-state index in [1.807, 2.05) is 6.07 Å². The van der Waals surface area contributed by atoms with Crippen molar-refractivity contribution in [3.8, 4) is 0 Å². The summed E-state index contributed by atoms with van der Waals surface area (Å²) in [6, 6.07) is 11.0. The zero-order valence-electron chi connectivity index (χ0n) is 13.8. The van der Waals surface area contributed by atoms with Crippen LogP contribution < -0.4 is 0 Å². The second kappa shape index (κ2) is 6.64. The van der Waals surface area contributed by atoms with E-state index in [1.54, 1.807) is 0 Å². The molecule has 4 rings (SSSR count). The van der Waals surface area contributed by atoms with Gasteiger partial charge >= 0.3 is 5.97 Å². The molecule has 2 saturated heterocycles. The van der Waals surface area contributed by atoms with E-state index in [1.165, 1.54) is 50.8 Å². The number of esters is 1. The summed E-state index contributed by atoms with van der Waals surface area (Å²) in [5.74, 6) is 1.08. The van der Waals surface area contributed by atoms with Gasteiger partial charge in [-0.1, -0.05) is 36.8 Å². The third-order valence-corrected chi connectivity index (χ3v) is 5.99. The van der Waals surface area contributed by atoms with Gasteiger partial charge in [0.15, 0.2) is 0 Å². The van der Waals surface area contributed by atoms with E-state index in [0.29, 0.717) is 24.5 Å². The minimum atomic E-state index is 0.0341. The van der Waals surface area contributed by atoms with Crippen LogP contribution in [0.25, 0.3) is 0 Å². The molecule has 3 aliphatic rings. The zero-order valence-corrected chi connectivity index (χ0v) is 13.8. The average Bonchev–Trinajstić information content (AvgIpc) is 3.41. The minimum Gasteiger partial charge on any atom is -0.465 e. The Hall–Kier alpha value is -1.35. The predicted molar refractivity (Wildman–Crippen MR) is 90.2 cm³/mol. The fraction of sp³-hybridized carbons (Fsp3) is 0.650. The number of piperidine rings is 2. The van der Waals surface area contributed by atoms with E-state index in [2.05, 4.69) is 29.2 Å². The molecule has 0 N–H and O–H groups in total. The topological polar surface area (TPSA) is 29.5 Å². The summed E-state index contributed by atoms with van der Waals surface area (Å²) in [6.45, 7) is 3.12. The largest absolute Gasteiger partial charge is 0.465 e. The predicted octanol–water partition coefficient (Wildman–Crippen LogP) is 3.60. The number of rotatable bonds is 4. The van der Waals surface area contributed by atoms with Crippen molar-refractivity contribution in [2.75, 3.05) is 19.7 Å². The molecule has 0 aromatic heterocycles. The number of benzene rings is 1. The maximum absolute atomic E-state index is 12.4. The van der Waals surface area contributed by atoms with Crippen LogP contribution in [0.15, 0.2) is 30.3 Å². The Labute approximate surface area is 139 Å². The van der Waals surface area contributed by atoms with Crippen molar-refractivity contribution < 1.29 is 9.53 Å². The highest BCUT2D eigenvalue weighted by Crippen LogP contribution is 2.48. The maximum atomic E-state index is 12.4. The van der Waals surface area contributed by atoms with Gasteiger partial charge in [-0.2, -0.15) is 0 Å². The maximum Gasteiger partial charge on any atom is 0.309 e. The van der Waals surface area contributed by atoms with Gasteiger partial charge in [0.05, 0.1) is 12.5 Å². The molecule has 3 nitrogen and oxygen atoms in total. The molecule has 0 bridgehead atoms. The quantitative estimate of drug-likeness (QED) is 0.796. The Morgan fingerprint density at radius 1 is 1.09 bits per heavy atom. The molecule has 0 spiro atoms. The van der Waals surface area contributed by atoms with Crippen molar-refractivity contribution in [1.82, 2.24) is 4.90 Å². The van der Waals surface area contributed by atoms with Crippen molar-refractivity contribution in [3.05, 3.63) is 35.9 Å². The van der Waals surface area contributed by atoms with Crippen LogP contribution >= 0.6 is 0 Å². The molecule has 23 heavy (non-hydrogen) atoms. The minimum absolute atomic E-state index is 0.0341. The van der Waals surface area contributed by atoms with Crippen molar-refractivity contribution >= 4 is 5.97 Å². The van der Waals surface area contributed by atoms with Gasteiger partial charge in [-0.25, -0.2) is 0 Å². The summed E-state index contributed by atoms with van der Waals surface area (Å²) in [7, 11) is 0. The van der Waals surface area contributed by atoms with Gasteiger partial charge in [0.2, 0.25) is 0 Å². The normalized spacial score (nSPS) is 33.7. The molecule has 0 amide bonds. The first kappa shape index (κ1) is 15.2. The van der Waals surface area contributed by atoms with Gasteiger partial charge in [-0.3, -0.25) is 9.69 Å². The first-order chi connectivity index (χ1) is 11.3. The molecule has 3 fully saturated rings. The van der Waals surface area contributed by atoms with E-state index in [4.69, 9.17) is 4.74 Å². The van der Waals surface area contributed by atoms with E-state index < -0.39 is 0 Å². The number of carbonyl (C=O) groups is 1. The van der Waals surface area contributed by atoms with Crippen LogP contribution in [0, 0.1) is 11.8 Å². The van der Waals surface area contributed by atoms with E-state index in [0.717, 1.165) is 6.42 Å². The van der Waals surface area contributed by atoms with Gasteiger partial charge in [0.1, 0.15) is 0 Å². The summed E-state index contributed by atoms with van der Waals surface area (Å²) < 4.78 is 5.74. The monoisotopic (exact) mass is 313 g/mol. The number of fused-ring (bicyclic) bond motifs is 1. The highest BCUT2D eigenvalue weighted by molar-refractivity contribution is 5.77. The van der Waals surface area contributed by atoms with E-state index in [9.17, 15) is 4.79 Å². The molecule has 1 aliphatic carbocycles. The standard InChI is InChI=1S/C20H27NO2/c22-20(18-13-17(18)15-7-2-1-3-8-15)23-14-16-9-6-12-21-11-5-4-10-19(16)21/h1-3,7-8,16-19H,4-6,9-14H2/t16-,17+,18-,19-/m1/s1. The number of ether oxygens (including phenoxy) is 1. The molecule has 0 radical (unpaired) electrons. The molecule has 3 heteroatoms. The number of hydrogen-bond donors (Lipinski definition) is 0. The van der Waals surface area contributed by atoms with Gasteiger partial charge in [-0.05, 0) is 56.7 Å². The smallest absolute Gasteiger partial charge is 0.309 e. The molecule has 2 heterocycles. The van der Waals surface area contributed by atoms with Crippen LogP contribution in [-0.4, -0.2) is 36.6 Å². The first-order valence-corrected chi connectivity index (χ1v) is 9.28. The second-order valence-electron chi connectivity index (χ2n) is 7.49. The van der Waals surface area contributed by atoms with Crippen LogP contribution in [0.3, 0.4) is 0 Å². The SMILES string of the molecule is O=C(OC[C@H]1CCCN2CCCC[C@H]12)[C@@H]1C[C@H]1c1ccccc1. The Kier molecular flexibility index (Phi) is 4.39. The molecule has 1 aromatic rings. The molecule has 124 valence electrons. The number of nitrogens with zero attached hydrogens (tertiary/aromatic N) is 1. The van der Waals surface area contributed by atoms with E-state index >= 15 is 0 Å². The Bertz CT molecular complexity index is 542. The molecule has 1 aromatic carbocycles. The van der Waals surface area contributed by atoms with Crippen LogP contribution in [0.2, 0.25) is 0 Å². The van der Waals surface area contributed by atoms with Gasteiger partial charge in [0, 0.05) is 12.0 Å². The lowest BCUT2D eigenvalue weighted by Gasteiger charge is -2.44. The Balaban J connectivity index is 1.29. The van der Waals surface area contributed by atoms with Crippen LogP contribution in [0.5, 0.6) is 0 Å². The van der Waals surface area contributed by atoms with Crippen LogP contribution in [0.4, 0.5) is 0 Å². The van der Waals surface area contributed by atoms with Gasteiger partial charge in [0.25, 0.3) is 0 Å². The van der Waals surface area contributed by atoms with Crippen molar-refractivity contribution in [1.29, 1.82) is 0 Å². The average molecular weight is 313 g/mol. The third-order valence-electron chi connectivity index (χ3n) is 5.99. The fourth-order valence-corrected chi connectivity index (χ4v) is 4.59. The van der Waals surface area contributed by atoms with Gasteiger partial charge < -0.3 is 4.74 Å². The molecule has 1 saturated carbocycles. The van der Waals surface area contributed by atoms with Crippen molar-refractivity contribution in [2.24, 2.45) is 11.8 Å². The van der Waals surface area contributed by atoms with Gasteiger partial charge in [-0.15, -0.1) is 0 Å². The molecule has 4 atom stereocenters. The summed E-state index contributed by atoms with van der Waals surface area (Å²) in [4.78, 5) is 15.0. The lowest BCUT2D eigenvalue weighted by atomic mass is 9.84. The highest BCUT2D eigenvalue weighted by atomic mass is 16.5. The Morgan fingerprint density at radius 3 is 2.78 bits per heavy atom. The lowest BCUT2D eigenvalue weighted by Crippen LogP contribution is -2.49. The third kappa shape index (κ3) is 3.30. The summed E-state index contributed by atoms with van der Waals surface area (Å²) in [5.41, 5.74) is 1.28. The number of carbonyl (C=O) groups excluding carboxylic acids is 1. The van der Waals surface area contributed by atoms with Crippen molar-refractivity contribution in [2.45, 2.75) is 50.5 Å². The molecular weight excluding hydrogens is 286 g/mol. The highest BCUT2D eigenvalue weighted by Gasteiger charge is 2.45.